The fraction of sp³-hybridized carbons (Fsp3) is 0.464. The highest BCUT2D eigenvalue weighted by Gasteiger charge is 2.28. The number of amides is 1. The van der Waals surface area contributed by atoms with Gasteiger partial charge >= 0.3 is 0 Å². The number of benzene rings is 2. The van der Waals surface area contributed by atoms with Gasteiger partial charge in [0.25, 0.3) is 5.91 Å². The molecule has 3 aliphatic rings. The first-order chi connectivity index (χ1) is 16.6. The first-order valence-corrected chi connectivity index (χ1v) is 12.6. The van der Waals surface area contributed by atoms with Crippen molar-refractivity contribution in [2.45, 2.75) is 32.1 Å². The van der Waals surface area contributed by atoms with Crippen LogP contribution < -0.4 is 14.4 Å². The summed E-state index contributed by atoms with van der Waals surface area (Å²) >= 11 is 0. The zero-order valence-electron chi connectivity index (χ0n) is 20.3. The number of anilines is 1. The normalized spacial score (nSPS) is 19.4. The minimum atomic E-state index is -0.0999. The first-order valence-electron chi connectivity index (χ1n) is 12.6. The molecule has 0 atom stereocenters. The van der Waals surface area contributed by atoms with Crippen molar-refractivity contribution >= 4 is 11.6 Å². The van der Waals surface area contributed by atoms with Crippen LogP contribution in [0.1, 0.15) is 36.8 Å². The van der Waals surface area contributed by atoms with E-state index in [-0.39, 0.29) is 5.91 Å². The van der Waals surface area contributed by atoms with E-state index in [1.165, 1.54) is 18.4 Å². The van der Waals surface area contributed by atoms with Crippen LogP contribution in [0.2, 0.25) is 0 Å². The largest absolute Gasteiger partial charge is 0.492 e. The molecule has 2 heterocycles. The van der Waals surface area contributed by atoms with Gasteiger partial charge in [-0.1, -0.05) is 19.1 Å². The molecule has 180 valence electrons. The first kappa shape index (κ1) is 22.9. The molecule has 1 saturated carbocycles. The van der Waals surface area contributed by atoms with Gasteiger partial charge in [0.1, 0.15) is 18.1 Å². The maximum absolute atomic E-state index is 13.0. The highest BCUT2D eigenvalue weighted by atomic mass is 16.5. The lowest BCUT2D eigenvalue weighted by Gasteiger charge is -2.32. The average molecular weight is 462 g/mol. The van der Waals surface area contributed by atoms with Crippen molar-refractivity contribution in [1.29, 1.82) is 0 Å². The number of carbonyl (C=O) groups excluding carboxylic acids is 1. The third kappa shape index (κ3) is 5.29. The SMILES string of the molecule is CCc1cc(N2CC=C(Oc3ccc(C4CC4)cc3)C2=O)ccc1OCCN1CCN(C)CC1. The number of nitrogens with zero attached hydrogens (tertiary/aromatic N) is 3. The number of piperazine rings is 1. The number of hydrogen-bond acceptors (Lipinski definition) is 5. The predicted octanol–water partition coefficient (Wildman–Crippen LogP) is 4.06. The van der Waals surface area contributed by atoms with Crippen LogP contribution in [0.5, 0.6) is 11.5 Å². The molecule has 1 amide bonds. The van der Waals surface area contributed by atoms with Crippen LogP contribution in [0.4, 0.5) is 5.69 Å². The third-order valence-corrected chi connectivity index (χ3v) is 7.07. The number of aryl methyl sites for hydroxylation is 1. The highest BCUT2D eigenvalue weighted by Crippen LogP contribution is 2.40. The van der Waals surface area contributed by atoms with Crippen LogP contribution in [-0.2, 0) is 11.2 Å². The van der Waals surface area contributed by atoms with Gasteiger partial charge in [0.15, 0.2) is 5.76 Å². The van der Waals surface area contributed by atoms with Crippen LogP contribution in [0.3, 0.4) is 0 Å². The van der Waals surface area contributed by atoms with E-state index >= 15 is 0 Å². The molecular weight excluding hydrogens is 426 g/mol. The van der Waals surface area contributed by atoms with E-state index in [0.717, 1.165) is 56.1 Å². The number of carbonyl (C=O) groups is 1. The second-order valence-electron chi connectivity index (χ2n) is 9.57. The smallest absolute Gasteiger partial charge is 0.294 e. The summed E-state index contributed by atoms with van der Waals surface area (Å²) in [6.07, 6.45) is 5.27. The molecule has 0 aromatic heterocycles. The van der Waals surface area contributed by atoms with E-state index in [1.54, 1.807) is 4.90 Å². The molecule has 5 rings (SSSR count). The van der Waals surface area contributed by atoms with Crippen LogP contribution in [0.25, 0.3) is 0 Å². The van der Waals surface area contributed by atoms with Gasteiger partial charge in [0.2, 0.25) is 0 Å². The van der Waals surface area contributed by atoms with Crippen molar-refractivity contribution < 1.29 is 14.3 Å². The molecule has 34 heavy (non-hydrogen) atoms. The van der Waals surface area contributed by atoms with Gasteiger partial charge in [-0.25, -0.2) is 0 Å². The van der Waals surface area contributed by atoms with E-state index < -0.39 is 0 Å². The van der Waals surface area contributed by atoms with Gasteiger partial charge in [-0.2, -0.15) is 0 Å². The standard InChI is InChI=1S/C28H35N3O3/c1-3-21-20-24(8-11-26(21)33-19-18-30-16-14-29(2)15-17-30)31-13-12-27(28(31)32)34-25-9-6-23(7-10-25)22-4-5-22/h6-12,20,22H,3-5,13-19H2,1-2H3. The molecule has 0 bridgehead atoms. The van der Waals surface area contributed by atoms with Crippen molar-refractivity contribution in [2.24, 2.45) is 0 Å². The van der Waals surface area contributed by atoms with E-state index in [2.05, 4.69) is 42.0 Å². The Morgan fingerprint density at radius 2 is 1.76 bits per heavy atom. The molecule has 0 N–H and O–H groups in total. The molecule has 2 fully saturated rings. The molecule has 0 unspecified atom stereocenters. The summed E-state index contributed by atoms with van der Waals surface area (Å²) in [6.45, 7) is 8.68. The second-order valence-corrected chi connectivity index (χ2v) is 9.57. The number of rotatable bonds is 9. The van der Waals surface area contributed by atoms with E-state index in [4.69, 9.17) is 9.47 Å². The minimum absolute atomic E-state index is 0.0999. The molecule has 0 radical (unpaired) electrons. The Kier molecular flexibility index (Phi) is 6.88. The fourth-order valence-electron chi connectivity index (χ4n) is 4.64. The zero-order valence-corrected chi connectivity index (χ0v) is 20.3. The summed E-state index contributed by atoms with van der Waals surface area (Å²) in [5.41, 5.74) is 3.36. The number of likely N-dealkylation sites (N-methyl/N-ethyl adjacent to an activating group) is 1. The van der Waals surface area contributed by atoms with Gasteiger partial charge in [-0.05, 0) is 79.8 Å². The minimum Gasteiger partial charge on any atom is -0.492 e. The lowest BCUT2D eigenvalue weighted by molar-refractivity contribution is -0.116. The Balaban J connectivity index is 1.17. The van der Waals surface area contributed by atoms with Gasteiger partial charge in [-0.3, -0.25) is 9.69 Å². The topological polar surface area (TPSA) is 45.2 Å². The van der Waals surface area contributed by atoms with Crippen molar-refractivity contribution in [3.8, 4) is 11.5 Å². The molecule has 1 aliphatic carbocycles. The molecule has 0 spiro atoms. The van der Waals surface area contributed by atoms with Gasteiger partial charge in [0, 0.05) is 45.0 Å². The summed E-state index contributed by atoms with van der Waals surface area (Å²) in [7, 11) is 2.17. The quantitative estimate of drug-likeness (QED) is 0.564. The monoisotopic (exact) mass is 461 g/mol. The Morgan fingerprint density at radius 1 is 1.00 bits per heavy atom. The third-order valence-electron chi connectivity index (χ3n) is 7.07. The summed E-state index contributed by atoms with van der Waals surface area (Å²) in [4.78, 5) is 19.6. The lowest BCUT2D eigenvalue weighted by atomic mass is 10.1. The summed E-state index contributed by atoms with van der Waals surface area (Å²) < 4.78 is 12.1. The van der Waals surface area contributed by atoms with Gasteiger partial charge in [0.05, 0.1) is 0 Å². The second kappa shape index (κ2) is 10.2. The molecule has 1 saturated heterocycles. The number of ether oxygens (including phenoxy) is 2. The van der Waals surface area contributed by atoms with Crippen molar-refractivity contribution in [3.05, 3.63) is 65.4 Å². The molecule has 6 nitrogen and oxygen atoms in total. The van der Waals surface area contributed by atoms with E-state index in [9.17, 15) is 4.79 Å². The molecule has 2 aliphatic heterocycles. The van der Waals surface area contributed by atoms with E-state index in [0.29, 0.717) is 30.6 Å². The average Bonchev–Trinajstić information content (AvgIpc) is 3.65. The Morgan fingerprint density at radius 3 is 2.47 bits per heavy atom. The Hall–Kier alpha value is -2.83. The molecule has 6 heteroatoms. The maximum Gasteiger partial charge on any atom is 0.294 e. The highest BCUT2D eigenvalue weighted by molar-refractivity contribution is 6.07. The lowest BCUT2D eigenvalue weighted by Crippen LogP contribution is -2.45. The zero-order chi connectivity index (χ0) is 23.5. The molecule has 2 aromatic rings. The van der Waals surface area contributed by atoms with Crippen molar-refractivity contribution in [1.82, 2.24) is 9.80 Å². The van der Waals surface area contributed by atoms with Gasteiger partial charge in [-0.15, -0.1) is 0 Å². The van der Waals surface area contributed by atoms with E-state index in [1.807, 2.05) is 30.3 Å². The number of hydrogen-bond donors (Lipinski definition) is 0. The van der Waals surface area contributed by atoms with Crippen LogP contribution >= 0.6 is 0 Å². The van der Waals surface area contributed by atoms with Crippen molar-refractivity contribution in [3.63, 3.8) is 0 Å². The van der Waals surface area contributed by atoms with Crippen LogP contribution in [0.15, 0.2) is 54.3 Å². The summed E-state index contributed by atoms with van der Waals surface area (Å²) in [6, 6.07) is 14.2. The predicted molar refractivity (Wildman–Crippen MR) is 135 cm³/mol. The summed E-state index contributed by atoms with van der Waals surface area (Å²) in [5, 5.41) is 0. The Labute approximate surface area is 202 Å². The van der Waals surface area contributed by atoms with Crippen LogP contribution in [-0.4, -0.2) is 68.6 Å². The van der Waals surface area contributed by atoms with Crippen molar-refractivity contribution in [2.75, 3.05) is 57.8 Å². The van der Waals surface area contributed by atoms with Crippen LogP contribution in [0, 0.1) is 0 Å². The molecular formula is C28H35N3O3. The summed E-state index contributed by atoms with van der Waals surface area (Å²) in [5.74, 6) is 2.63. The Bertz CT molecular complexity index is 1040. The fourth-order valence-corrected chi connectivity index (χ4v) is 4.64. The van der Waals surface area contributed by atoms with Gasteiger partial charge < -0.3 is 19.3 Å². The molecule has 2 aromatic carbocycles. The maximum atomic E-state index is 13.0.